The molecule has 0 radical (unpaired) electrons. The van der Waals surface area contributed by atoms with E-state index in [2.05, 4.69) is 44.4 Å². The maximum atomic E-state index is 5.37. The fourth-order valence-electron chi connectivity index (χ4n) is 1.54. The van der Waals surface area contributed by atoms with Gasteiger partial charge in [-0.25, -0.2) is 0 Å². The van der Waals surface area contributed by atoms with E-state index in [-0.39, 0.29) is 0 Å². The van der Waals surface area contributed by atoms with E-state index in [0.717, 1.165) is 6.42 Å². The average Bonchev–Trinajstić information content (AvgIpc) is 2.11. The molecule has 0 aliphatic rings. The first-order chi connectivity index (χ1) is 6.15. The number of nitrogens with one attached hydrogen (secondary N) is 1. The van der Waals surface area contributed by atoms with Crippen LogP contribution in [0.1, 0.15) is 23.6 Å². The van der Waals surface area contributed by atoms with Crippen molar-refractivity contribution in [2.45, 2.75) is 33.2 Å². The van der Waals surface area contributed by atoms with E-state index in [0.29, 0.717) is 6.04 Å². The first kappa shape index (κ1) is 10.2. The van der Waals surface area contributed by atoms with Gasteiger partial charge in [0, 0.05) is 6.04 Å². The summed E-state index contributed by atoms with van der Waals surface area (Å²) in [4.78, 5) is 0. The van der Waals surface area contributed by atoms with Gasteiger partial charge in [-0.15, -0.1) is 0 Å². The molecule has 1 rings (SSSR count). The largest absolute Gasteiger partial charge is 0.271 e. The number of rotatable bonds is 3. The zero-order valence-corrected chi connectivity index (χ0v) is 8.59. The van der Waals surface area contributed by atoms with Gasteiger partial charge < -0.3 is 0 Å². The number of benzene rings is 1. The highest BCUT2D eigenvalue weighted by atomic mass is 15.2. The molecule has 13 heavy (non-hydrogen) atoms. The van der Waals surface area contributed by atoms with Crippen molar-refractivity contribution < 1.29 is 0 Å². The molecule has 72 valence electrons. The number of hydrazine groups is 1. The van der Waals surface area contributed by atoms with Crippen molar-refractivity contribution in [1.82, 2.24) is 5.43 Å². The molecule has 1 atom stereocenters. The Morgan fingerprint density at radius 2 is 1.85 bits per heavy atom. The van der Waals surface area contributed by atoms with Gasteiger partial charge in [-0.1, -0.05) is 18.2 Å². The van der Waals surface area contributed by atoms with Crippen LogP contribution in [-0.2, 0) is 6.42 Å². The second-order valence-corrected chi connectivity index (χ2v) is 3.64. The van der Waals surface area contributed by atoms with Crippen LogP contribution in [-0.4, -0.2) is 6.04 Å². The molecule has 0 amide bonds. The highest BCUT2D eigenvalue weighted by molar-refractivity contribution is 5.33. The second kappa shape index (κ2) is 4.40. The van der Waals surface area contributed by atoms with E-state index >= 15 is 0 Å². The van der Waals surface area contributed by atoms with Gasteiger partial charge in [0.2, 0.25) is 0 Å². The molecule has 0 aromatic heterocycles. The Hall–Kier alpha value is -0.860. The lowest BCUT2D eigenvalue weighted by atomic mass is 9.97. The van der Waals surface area contributed by atoms with Gasteiger partial charge in [0.1, 0.15) is 0 Å². The summed E-state index contributed by atoms with van der Waals surface area (Å²) in [5.41, 5.74) is 6.88. The summed E-state index contributed by atoms with van der Waals surface area (Å²) >= 11 is 0. The SMILES string of the molecule is Cc1cccc(C)c1CC(C)NN. The molecule has 0 aliphatic heterocycles. The third-order valence-corrected chi connectivity index (χ3v) is 2.44. The lowest BCUT2D eigenvalue weighted by Gasteiger charge is -2.14. The molecule has 1 aromatic carbocycles. The molecule has 1 aromatic rings. The number of hydrogen-bond acceptors (Lipinski definition) is 2. The molecule has 0 aliphatic carbocycles. The van der Waals surface area contributed by atoms with Crippen LogP contribution in [0.5, 0.6) is 0 Å². The molecule has 0 fully saturated rings. The molecule has 0 heterocycles. The lowest BCUT2D eigenvalue weighted by Crippen LogP contribution is -2.34. The summed E-state index contributed by atoms with van der Waals surface area (Å²) in [6.07, 6.45) is 0.995. The Balaban J connectivity index is 2.87. The van der Waals surface area contributed by atoms with Gasteiger partial charge >= 0.3 is 0 Å². The predicted octanol–water partition coefficient (Wildman–Crippen LogP) is 1.70. The zero-order valence-electron chi connectivity index (χ0n) is 8.59. The highest BCUT2D eigenvalue weighted by Crippen LogP contribution is 2.14. The molecule has 0 saturated heterocycles. The van der Waals surface area contributed by atoms with E-state index in [4.69, 9.17) is 5.84 Å². The first-order valence-electron chi connectivity index (χ1n) is 4.66. The normalized spacial score (nSPS) is 12.9. The Morgan fingerprint density at radius 3 is 2.31 bits per heavy atom. The standard InChI is InChI=1S/C11H18N2/c1-8-5-4-6-9(2)11(8)7-10(3)13-12/h4-6,10,13H,7,12H2,1-3H3. The fourth-order valence-corrected chi connectivity index (χ4v) is 1.54. The van der Waals surface area contributed by atoms with E-state index in [1.807, 2.05) is 0 Å². The van der Waals surface area contributed by atoms with Crippen molar-refractivity contribution in [1.29, 1.82) is 0 Å². The smallest absolute Gasteiger partial charge is 0.0222 e. The van der Waals surface area contributed by atoms with Crippen LogP contribution in [0.4, 0.5) is 0 Å². The Morgan fingerprint density at radius 1 is 1.31 bits per heavy atom. The van der Waals surface area contributed by atoms with Crippen molar-refractivity contribution in [3.8, 4) is 0 Å². The molecule has 0 spiro atoms. The molecular formula is C11H18N2. The zero-order chi connectivity index (χ0) is 9.84. The van der Waals surface area contributed by atoms with E-state index in [1.54, 1.807) is 0 Å². The monoisotopic (exact) mass is 178 g/mol. The maximum Gasteiger partial charge on any atom is 0.0222 e. The topological polar surface area (TPSA) is 38.0 Å². The number of nitrogens with two attached hydrogens (primary N) is 1. The molecule has 3 N–H and O–H groups in total. The Bertz CT molecular complexity index is 261. The van der Waals surface area contributed by atoms with Crippen molar-refractivity contribution >= 4 is 0 Å². The first-order valence-corrected chi connectivity index (χ1v) is 4.66. The highest BCUT2D eigenvalue weighted by Gasteiger charge is 2.05. The van der Waals surface area contributed by atoms with Crippen LogP contribution < -0.4 is 11.3 Å². The molecule has 2 heteroatoms. The van der Waals surface area contributed by atoms with Gasteiger partial charge in [-0.3, -0.25) is 11.3 Å². The van der Waals surface area contributed by atoms with Crippen molar-refractivity contribution in [2.75, 3.05) is 0 Å². The van der Waals surface area contributed by atoms with E-state index in [9.17, 15) is 0 Å². The van der Waals surface area contributed by atoms with Crippen LogP contribution in [0.25, 0.3) is 0 Å². The summed E-state index contributed by atoms with van der Waals surface area (Å²) in [6.45, 7) is 6.38. The molecular weight excluding hydrogens is 160 g/mol. The quantitative estimate of drug-likeness (QED) is 0.546. The molecule has 2 nitrogen and oxygen atoms in total. The molecule has 0 bridgehead atoms. The van der Waals surface area contributed by atoms with E-state index < -0.39 is 0 Å². The summed E-state index contributed by atoms with van der Waals surface area (Å²) < 4.78 is 0. The predicted molar refractivity (Wildman–Crippen MR) is 56.4 cm³/mol. The minimum atomic E-state index is 0.333. The average molecular weight is 178 g/mol. The van der Waals surface area contributed by atoms with Crippen LogP contribution in [0.3, 0.4) is 0 Å². The van der Waals surface area contributed by atoms with Crippen molar-refractivity contribution in [3.63, 3.8) is 0 Å². The van der Waals surface area contributed by atoms with Gasteiger partial charge in [0.25, 0.3) is 0 Å². The van der Waals surface area contributed by atoms with Gasteiger partial charge in [-0.2, -0.15) is 0 Å². The number of hydrogen-bond donors (Lipinski definition) is 2. The summed E-state index contributed by atoms with van der Waals surface area (Å²) in [6, 6.07) is 6.71. The fraction of sp³-hybridized carbons (Fsp3) is 0.455. The Kier molecular flexibility index (Phi) is 3.46. The summed E-state index contributed by atoms with van der Waals surface area (Å²) in [5.74, 6) is 5.37. The van der Waals surface area contributed by atoms with Gasteiger partial charge in [0.05, 0.1) is 0 Å². The minimum absolute atomic E-state index is 0.333. The van der Waals surface area contributed by atoms with Crippen LogP contribution >= 0.6 is 0 Å². The minimum Gasteiger partial charge on any atom is -0.271 e. The van der Waals surface area contributed by atoms with Crippen molar-refractivity contribution in [3.05, 3.63) is 34.9 Å². The van der Waals surface area contributed by atoms with Crippen LogP contribution in [0.2, 0.25) is 0 Å². The third kappa shape index (κ3) is 2.54. The van der Waals surface area contributed by atoms with E-state index in [1.165, 1.54) is 16.7 Å². The lowest BCUT2D eigenvalue weighted by molar-refractivity contribution is 0.565. The van der Waals surface area contributed by atoms with Gasteiger partial charge in [0.15, 0.2) is 0 Å². The number of aryl methyl sites for hydroxylation is 2. The Labute approximate surface area is 80.1 Å². The van der Waals surface area contributed by atoms with Crippen LogP contribution in [0.15, 0.2) is 18.2 Å². The summed E-state index contributed by atoms with van der Waals surface area (Å²) in [7, 11) is 0. The molecule has 0 saturated carbocycles. The molecule has 1 unspecified atom stereocenters. The van der Waals surface area contributed by atoms with Crippen LogP contribution in [0, 0.1) is 13.8 Å². The third-order valence-electron chi connectivity index (χ3n) is 2.44. The second-order valence-electron chi connectivity index (χ2n) is 3.64. The van der Waals surface area contributed by atoms with Gasteiger partial charge in [-0.05, 0) is 43.9 Å². The van der Waals surface area contributed by atoms with Crippen molar-refractivity contribution in [2.24, 2.45) is 5.84 Å². The maximum absolute atomic E-state index is 5.37. The summed E-state index contributed by atoms with van der Waals surface area (Å²) in [5, 5.41) is 0.